The molecule has 1 atom stereocenters. The van der Waals surface area contributed by atoms with Gasteiger partial charge in [0, 0.05) is 12.6 Å². The second-order valence-corrected chi connectivity index (χ2v) is 4.82. The average molecular weight is 228 g/mol. The number of amides is 1. The summed E-state index contributed by atoms with van der Waals surface area (Å²) in [5, 5.41) is 16.1. The molecule has 0 spiro atoms. The first kappa shape index (κ1) is 13.5. The molecular weight excluding hydrogens is 204 g/mol. The van der Waals surface area contributed by atoms with Crippen LogP contribution in [0.3, 0.4) is 0 Å². The molecule has 1 aliphatic carbocycles. The Hall–Kier alpha value is -0.610. The Morgan fingerprint density at radius 2 is 2.00 bits per heavy atom. The van der Waals surface area contributed by atoms with E-state index in [4.69, 9.17) is 0 Å². The standard InChI is InChI=1S/C12H24N2O2/c1-4-12(16,5-2)8-13-9(3)11(15)14-10-6-7-10/h9-10,13,16H,4-8H2,1-3H3,(H,14,15). The number of carbonyl (C=O) groups excluding carboxylic acids is 1. The maximum atomic E-state index is 11.6. The van der Waals surface area contributed by atoms with Crippen LogP contribution in [0.1, 0.15) is 46.5 Å². The highest BCUT2D eigenvalue weighted by molar-refractivity contribution is 5.81. The first-order valence-electron chi connectivity index (χ1n) is 6.27. The van der Waals surface area contributed by atoms with Gasteiger partial charge >= 0.3 is 0 Å². The van der Waals surface area contributed by atoms with Crippen LogP contribution < -0.4 is 10.6 Å². The molecule has 0 aliphatic heterocycles. The second-order valence-electron chi connectivity index (χ2n) is 4.82. The van der Waals surface area contributed by atoms with E-state index < -0.39 is 5.60 Å². The van der Waals surface area contributed by atoms with Gasteiger partial charge in [0.25, 0.3) is 0 Å². The maximum absolute atomic E-state index is 11.6. The van der Waals surface area contributed by atoms with Gasteiger partial charge in [0.1, 0.15) is 0 Å². The summed E-state index contributed by atoms with van der Waals surface area (Å²) in [6.07, 6.45) is 3.61. The van der Waals surface area contributed by atoms with Gasteiger partial charge in [0.2, 0.25) is 5.91 Å². The normalized spacial score (nSPS) is 18.2. The fourth-order valence-corrected chi connectivity index (χ4v) is 1.49. The van der Waals surface area contributed by atoms with Crippen LogP contribution in [0.5, 0.6) is 0 Å². The summed E-state index contributed by atoms with van der Waals surface area (Å²) in [5.74, 6) is 0.0389. The number of nitrogens with one attached hydrogen (secondary N) is 2. The van der Waals surface area contributed by atoms with Crippen molar-refractivity contribution in [1.82, 2.24) is 10.6 Å². The Bertz CT molecular complexity index is 235. The number of hydrogen-bond donors (Lipinski definition) is 3. The number of carbonyl (C=O) groups is 1. The summed E-state index contributed by atoms with van der Waals surface area (Å²) < 4.78 is 0. The third-order valence-electron chi connectivity index (χ3n) is 3.37. The molecule has 0 saturated heterocycles. The van der Waals surface area contributed by atoms with Crippen LogP contribution in [-0.4, -0.2) is 35.2 Å². The molecule has 0 aromatic heterocycles. The molecule has 1 aliphatic rings. The summed E-state index contributed by atoms with van der Waals surface area (Å²) in [4.78, 5) is 11.6. The van der Waals surface area contributed by atoms with Crippen molar-refractivity contribution in [2.24, 2.45) is 0 Å². The third kappa shape index (κ3) is 4.10. The molecule has 1 fully saturated rings. The van der Waals surface area contributed by atoms with Crippen LogP contribution in [0.4, 0.5) is 0 Å². The zero-order valence-corrected chi connectivity index (χ0v) is 10.5. The van der Waals surface area contributed by atoms with Crippen molar-refractivity contribution in [2.45, 2.75) is 64.1 Å². The molecule has 3 N–H and O–H groups in total. The minimum absolute atomic E-state index is 0.0389. The lowest BCUT2D eigenvalue weighted by Gasteiger charge is -2.27. The fourth-order valence-electron chi connectivity index (χ4n) is 1.49. The van der Waals surface area contributed by atoms with Crippen molar-refractivity contribution in [3.05, 3.63) is 0 Å². The predicted octanol–water partition coefficient (Wildman–Crippen LogP) is 0.794. The SMILES string of the molecule is CCC(O)(CC)CNC(C)C(=O)NC1CC1. The van der Waals surface area contributed by atoms with Crippen molar-refractivity contribution in [1.29, 1.82) is 0 Å². The molecule has 4 nitrogen and oxygen atoms in total. The smallest absolute Gasteiger partial charge is 0.237 e. The Labute approximate surface area is 97.8 Å². The molecule has 0 radical (unpaired) electrons. The molecule has 0 bridgehead atoms. The van der Waals surface area contributed by atoms with E-state index in [0.29, 0.717) is 25.4 Å². The quantitative estimate of drug-likeness (QED) is 0.604. The summed E-state index contributed by atoms with van der Waals surface area (Å²) >= 11 is 0. The first-order valence-corrected chi connectivity index (χ1v) is 6.27. The van der Waals surface area contributed by atoms with Crippen molar-refractivity contribution in [3.8, 4) is 0 Å². The van der Waals surface area contributed by atoms with E-state index >= 15 is 0 Å². The molecule has 1 unspecified atom stereocenters. The molecule has 1 saturated carbocycles. The highest BCUT2D eigenvalue weighted by atomic mass is 16.3. The van der Waals surface area contributed by atoms with E-state index in [-0.39, 0.29) is 11.9 Å². The maximum Gasteiger partial charge on any atom is 0.237 e. The third-order valence-corrected chi connectivity index (χ3v) is 3.37. The van der Waals surface area contributed by atoms with Gasteiger partial charge in [-0.2, -0.15) is 0 Å². The van der Waals surface area contributed by atoms with E-state index in [2.05, 4.69) is 10.6 Å². The van der Waals surface area contributed by atoms with Crippen molar-refractivity contribution >= 4 is 5.91 Å². The Kier molecular flexibility index (Phi) is 4.74. The molecule has 0 aromatic rings. The van der Waals surface area contributed by atoms with Crippen LogP contribution in [0, 0.1) is 0 Å². The van der Waals surface area contributed by atoms with Crippen LogP contribution in [0.15, 0.2) is 0 Å². The highest BCUT2D eigenvalue weighted by Crippen LogP contribution is 2.18. The van der Waals surface area contributed by atoms with Crippen molar-refractivity contribution in [2.75, 3.05) is 6.54 Å². The molecule has 1 amide bonds. The van der Waals surface area contributed by atoms with Gasteiger partial charge in [0.15, 0.2) is 0 Å². The van der Waals surface area contributed by atoms with Gasteiger partial charge in [-0.05, 0) is 32.6 Å². The van der Waals surface area contributed by atoms with Crippen LogP contribution >= 0.6 is 0 Å². The van der Waals surface area contributed by atoms with Crippen molar-refractivity contribution < 1.29 is 9.90 Å². The number of hydrogen-bond acceptors (Lipinski definition) is 3. The number of aliphatic hydroxyl groups is 1. The Morgan fingerprint density at radius 1 is 1.44 bits per heavy atom. The van der Waals surface area contributed by atoms with Gasteiger partial charge in [-0.1, -0.05) is 13.8 Å². The summed E-state index contributed by atoms with van der Waals surface area (Å²) in [5.41, 5.74) is -0.686. The lowest BCUT2D eigenvalue weighted by Crippen LogP contribution is -2.49. The second kappa shape index (κ2) is 5.64. The van der Waals surface area contributed by atoms with Gasteiger partial charge in [-0.15, -0.1) is 0 Å². The monoisotopic (exact) mass is 228 g/mol. The molecule has 4 heteroatoms. The molecule has 0 aromatic carbocycles. The van der Waals surface area contributed by atoms with E-state index in [1.54, 1.807) is 0 Å². The van der Waals surface area contributed by atoms with Crippen LogP contribution in [0.25, 0.3) is 0 Å². The Morgan fingerprint density at radius 3 is 2.44 bits per heavy atom. The predicted molar refractivity (Wildman–Crippen MR) is 64.2 cm³/mol. The lowest BCUT2D eigenvalue weighted by atomic mass is 9.97. The average Bonchev–Trinajstić information content (AvgIpc) is 3.09. The molecule has 0 heterocycles. The topological polar surface area (TPSA) is 61.4 Å². The fraction of sp³-hybridized carbons (Fsp3) is 0.917. The largest absolute Gasteiger partial charge is 0.389 e. The van der Waals surface area contributed by atoms with Gasteiger partial charge in [0.05, 0.1) is 11.6 Å². The first-order chi connectivity index (χ1) is 7.50. The Balaban J connectivity index is 2.26. The van der Waals surface area contributed by atoms with E-state index in [0.717, 1.165) is 12.8 Å². The molecular formula is C12H24N2O2. The lowest BCUT2D eigenvalue weighted by molar-refractivity contribution is -0.123. The van der Waals surface area contributed by atoms with Crippen LogP contribution in [-0.2, 0) is 4.79 Å². The van der Waals surface area contributed by atoms with Gasteiger partial charge < -0.3 is 15.7 Å². The highest BCUT2D eigenvalue weighted by Gasteiger charge is 2.27. The minimum Gasteiger partial charge on any atom is -0.389 e. The summed E-state index contributed by atoms with van der Waals surface area (Å²) in [6, 6.07) is 0.165. The van der Waals surface area contributed by atoms with E-state index in [9.17, 15) is 9.90 Å². The van der Waals surface area contributed by atoms with Gasteiger partial charge in [-0.25, -0.2) is 0 Å². The zero-order chi connectivity index (χ0) is 12.2. The molecule has 94 valence electrons. The van der Waals surface area contributed by atoms with E-state index in [1.165, 1.54) is 0 Å². The van der Waals surface area contributed by atoms with Gasteiger partial charge in [-0.3, -0.25) is 4.79 Å². The molecule has 1 rings (SSSR count). The zero-order valence-electron chi connectivity index (χ0n) is 10.5. The van der Waals surface area contributed by atoms with Crippen molar-refractivity contribution in [3.63, 3.8) is 0 Å². The van der Waals surface area contributed by atoms with E-state index in [1.807, 2.05) is 20.8 Å². The summed E-state index contributed by atoms with van der Waals surface area (Å²) in [7, 11) is 0. The minimum atomic E-state index is -0.686. The molecule has 16 heavy (non-hydrogen) atoms. The van der Waals surface area contributed by atoms with Crippen LogP contribution in [0.2, 0.25) is 0 Å². The summed E-state index contributed by atoms with van der Waals surface area (Å²) in [6.45, 7) is 6.23. The number of rotatable bonds is 7.